The van der Waals surface area contributed by atoms with Gasteiger partial charge in [0.15, 0.2) is 0 Å². The maximum absolute atomic E-state index is 6.04. The predicted molar refractivity (Wildman–Crippen MR) is 110 cm³/mol. The van der Waals surface area contributed by atoms with Crippen LogP contribution in [0.2, 0.25) is 0 Å². The van der Waals surface area contributed by atoms with E-state index in [1.165, 1.54) is 22.3 Å². The van der Waals surface area contributed by atoms with Crippen LogP contribution in [0.4, 0.5) is 0 Å². The van der Waals surface area contributed by atoms with Gasteiger partial charge in [0.2, 0.25) is 0 Å². The first-order chi connectivity index (χ1) is 12.4. The molecule has 0 radical (unpaired) electrons. The molecule has 1 N–H and O–H groups in total. The van der Waals surface area contributed by atoms with E-state index in [1.54, 1.807) is 0 Å². The Hall–Kier alpha value is -1.64. The fourth-order valence-electron chi connectivity index (χ4n) is 4.35. The van der Waals surface area contributed by atoms with Crippen LogP contribution in [0.3, 0.4) is 0 Å². The van der Waals surface area contributed by atoms with E-state index < -0.39 is 0 Å². The lowest BCUT2D eigenvalue weighted by Gasteiger charge is -2.45. The largest absolute Gasteiger partial charge is 0.376 e. The lowest BCUT2D eigenvalue weighted by molar-refractivity contribution is -0.0840. The molecular weight excluding hydrogens is 318 g/mol. The fourth-order valence-corrected chi connectivity index (χ4v) is 4.35. The molecule has 1 atom stereocenters. The summed E-state index contributed by atoms with van der Waals surface area (Å²) in [4.78, 5) is 0. The second kappa shape index (κ2) is 7.94. The normalized spacial score (nSPS) is 22.3. The van der Waals surface area contributed by atoms with Crippen LogP contribution >= 0.6 is 0 Å². The summed E-state index contributed by atoms with van der Waals surface area (Å²) < 4.78 is 6.04. The third-order valence-corrected chi connectivity index (χ3v) is 5.86. The van der Waals surface area contributed by atoms with Crippen molar-refractivity contribution in [1.82, 2.24) is 5.32 Å². The highest BCUT2D eigenvalue weighted by Crippen LogP contribution is 2.43. The second-order valence-corrected chi connectivity index (χ2v) is 8.53. The molecule has 1 aliphatic rings. The van der Waals surface area contributed by atoms with Gasteiger partial charge in [0.25, 0.3) is 0 Å². The summed E-state index contributed by atoms with van der Waals surface area (Å²) in [6.45, 7) is 11.6. The summed E-state index contributed by atoms with van der Waals surface area (Å²) in [5.41, 5.74) is 5.70. The molecule has 0 amide bonds. The van der Waals surface area contributed by atoms with Crippen molar-refractivity contribution in [3.63, 3.8) is 0 Å². The molecule has 3 rings (SSSR count). The average Bonchev–Trinajstić information content (AvgIpc) is 2.60. The molecule has 26 heavy (non-hydrogen) atoms. The Balaban J connectivity index is 1.70. The van der Waals surface area contributed by atoms with E-state index >= 15 is 0 Å². The Bertz CT molecular complexity index is 719. The number of ether oxygens (including phenoxy) is 1. The molecule has 1 saturated heterocycles. The molecule has 0 aromatic heterocycles. The van der Waals surface area contributed by atoms with Crippen molar-refractivity contribution in [1.29, 1.82) is 0 Å². The minimum absolute atomic E-state index is 0.0564. The molecule has 1 heterocycles. The highest BCUT2D eigenvalue weighted by Gasteiger charge is 2.41. The van der Waals surface area contributed by atoms with Gasteiger partial charge in [-0.25, -0.2) is 0 Å². The van der Waals surface area contributed by atoms with Gasteiger partial charge >= 0.3 is 0 Å². The highest BCUT2D eigenvalue weighted by molar-refractivity contribution is 5.30. The molecule has 2 aromatic carbocycles. The lowest BCUT2D eigenvalue weighted by Crippen LogP contribution is -2.45. The standard InChI is InChI=1S/C24H33NO/c1-19-9-11-22(12-10-19)24(14-16-26-23(3,4)18-24)13-15-25-17-21-8-6-5-7-20(21)2/h5-12,25H,13-18H2,1-4H3. The van der Waals surface area contributed by atoms with Gasteiger partial charge in [-0.1, -0.05) is 54.1 Å². The number of aryl methyl sites for hydroxylation is 2. The third kappa shape index (κ3) is 4.55. The van der Waals surface area contributed by atoms with Crippen molar-refractivity contribution in [3.8, 4) is 0 Å². The first kappa shape index (κ1) is 19.1. The van der Waals surface area contributed by atoms with Gasteiger partial charge in [-0.15, -0.1) is 0 Å². The van der Waals surface area contributed by atoms with Crippen LogP contribution in [0.25, 0.3) is 0 Å². The van der Waals surface area contributed by atoms with Crippen LogP contribution in [-0.4, -0.2) is 18.8 Å². The monoisotopic (exact) mass is 351 g/mol. The van der Waals surface area contributed by atoms with Gasteiger partial charge in [-0.2, -0.15) is 0 Å². The van der Waals surface area contributed by atoms with Crippen molar-refractivity contribution in [2.75, 3.05) is 13.2 Å². The van der Waals surface area contributed by atoms with Crippen molar-refractivity contribution in [3.05, 3.63) is 70.8 Å². The summed E-state index contributed by atoms with van der Waals surface area (Å²) in [7, 11) is 0. The first-order valence-corrected chi connectivity index (χ1v) is 9.87. The number of nitrogens with one attached hydrogen (secondary N) is 1. The lowest BCUT2D eigenvalue weighted by atomic mass is 9.67. The van der Waals surface area contributed by atoms with Crippen molar-refractivity contribution in [2.45, 2.75) is 64.5 Å². The van der Waals surface area contributed by atoms with Gasteiger partial charge in [0.05, 0.1) is 5.60 Å². The number of hydrogen-bond acceptors (Lipinski definition) is 2. The van der Waals surface area contributed by atoms with E-state index in [0.717, 1.165) is 39.0 Å². The van der Waals surface area contributed by atoms with Gasteiger partial charge in [0, 0.05) is 18.6 Å². The average molecular weight is 352 g/mol. The molecule has 1 unspecified atom stereocenters. The zero-order valence-corrected chi connectivity index (χ0v) is 16.8. The fraction of sp³-hybridized carbons (Fsp3) is 0.500. The topological polar surface area (TPSA) is 21.3 Å². The van der Waals surface area contributed by atoms with E-state index in [1.807, 2.05) is 0 Å². The minimum atomic E-state index is -0.0564. The molecule has 0 aliphatic carbocycles. The molecule has 0 saturated carbocycles. The number of hydrogen-bond donors (Lipinski definition) is 1. The Morgan fingerprint density at radius 3 is 2.42 bits per heavy atom. The summed E-state index contributed by atoms with van der Waals surface area (Å²) in [6.07, 6.45) is 3.33. The zero-order chi connectivity index (χ0) is 18.6. The van der Waals surface area contributed by atoms with Crippen LogP contribution in [0.1, 0.15) is 55.4 Å². The van der Waals surface area contributed by atoms with Crippen LogP contribution in [0, 0.1) is 13.8 Å². The maximum atomic E-state index is 6.04. The second-order valence-electron chi connectivity index (χ2n) is 8.53. The summed E-state index contributed by atoms with van der Waals surface area (Å²) in [5, 5.41) is 3.68. The number of benzene rings is 2. The SMILES string of the molecule is Cc1ccc(C2(CCNCc3ccccc3C)CCOC(C)(C)C2)cc1. The van der Waals surface area contributed by atoms with Crippen LogP contribution in [0.15, 0.2) is 48.5 Å². The Labute approximate surface area is 159 Å². The van der Waals surface area contributed by atoms with Crippen molar-refractivity contribution < 1.29 is 4.74 Å². The molecule has 2 nitrogen and oxygen atoms in total. The Morgan fingerprint density at radius 1 is 1.00 bits per heavy atom. The minimum Gasteiger partial charge on any atom is -0.376 e. The molecule has 0 spiro atoms. The molecule has 140 valence electrons. The van der Waals surface area contributed by atoms with Gasteiger partial charge in [-0.05, 0) is 70.2 Å². The van der Waals surface area contributed by atoms with E-state index in [9.17, 15) is 0 Å². The number of rotatable bonds is 6. The molecule has 1 aliphatic heterocycles. The van der Waals surface area contributed by atoms with Crippen LogP contribution < -0.4 is 5.32 Å². The third-order valence-electron chi connectivity index (χ3n) is 5.86. The molecule has 2 aromatic rings. The van der Waals surface area contributed by atoms with Crippen molar-refractivity contribution in [2.24, 2.45) is 0 Å². The van der Waals surface area contributed by atoms with E-state index in [-0.39, 0.29) is 11.0 Å². The highest BCUT2D eigenvalue weighted by atomic mass is 16.5. The van der Waals surface area contributed by atoms with E-state index in [4.69, 9.17) is 4.74 Å². The zero-order valence-electron chi connectivity index (χ0n) is 16.8. The smallest absolute Gasteiger partial charge is 0.0635 e. The van der Waals surface area contributed by atoms with Gasteiger partial charge in [0.1, 0.15) is 0 Å². The predicted octanol–water partition coefficient (Wildman–Crippen LogP) is 5.31. The molecule has 1 fully saturated rings. The molecular formula is C24H33NO. The van der Waals surface area contributed by atoms with Gasteiger partial charge < -0.3 is 10.1 Å². The Morgan fingerprint density at radius 2 is 1.73 bits per heavy atom. The molecule has 2 heteroatoms. The van der Waals surface area contributed by atoms with Crippen LogP contribution in [-0.2, 0) is 16.7 Å². The molecule has 0 bridgehead atoms. The quantitative estimate of drug-likeness (QED) is 0.712. The summed E-state index contributed by atoms with van der Waals surface area (Å²) >= 11 is 0. The first-order valence-electron chi connectivity index (χ1n) is 9.87. The van der Waals surface area contributed by atoms with E-state index in [0.29, 0.717) is 0 Å². The summed E-state index contributed by atoms with van der Waals surface area (Å²) in [5.74, 6) is 0. The van der Waals surface area contributed by atoms with Crippen molar-refractivity contribution >= 4 is 0 Å². The van der Waals surface area contributed by atoms with E-state index in [2.05, 4.69) is 81.5 Å². The summed E-state index contributed by atoms with van der Waals surface area (Å²) in [6, 6.07) is 17.8. The van der Waals surface area contributed by atoms with Crippen LogP contribution in [0.5, 0.6) is 0 Å². The van der Waals surface area contributed by atoms with Gasteiger partial charge in [-0.3, -0.25) is 0 Å². The maximum Gasteiger partial charge on any atom is 0.0635 e. The Kier molecular flexibility index (Phi) is 5.84.